The second-order valence-corrected chi connectivity index (χ2v) is 11.0. The Hall–Kier alpha value is -5.72. The molecule has 1 aliphatic rings. The van der Waals surface area contributed by atoms with Crippen molar-refractivity contribution >= 4 is 40.5 Å². The van der Waals surface area contributed by atoms with E-state index in [1.54, 1.807) is 54.2 Å². The third-order valence-corrected chi connectivity index (χ3v) is 8.04. The minimum absolute atomic E-state index is 0.102. The van der Waals surface area contributed by atoms with E-state index in [-0.39, 0.29) is 48.1 Å². The summed E-state index contributed by atoms with van der Waals surface area (Å²) < 4.78 is 16.0. The van der Waals surface area contributed by atoms with Gasteiger partial charge in [-0.05, 0) is 49.6 Å². The lowest BCUT2D eigenvalue weighted by molar-refractivity contribution is -0.141. The lowest BCUT2D eigenvalue weighted by Crippen LogP contribution is -2.38. The summed E-state index contributed by atoms with van der Waals surface area (Å²) in [6.07, 6.45) is 2.12. The molecule has 1 aliphatic heterocycles. The van der Waals surface area contributed by atoms with Crippen LogP contribution in [0.15, 0.2) is 66.9 Å². The van der Waals surface area contributed by atoms with Crippen LogP contribution in [0.25, 0.3) is 22.6 Å². The molecule has 45 heavy (non-hydrogen) atoms. The summed E-state index contributed by atoms with van der Waals surface area (Å²) in [4.78, 5) is 50.2. The third kappa shape index (κ3) is 5.32. The number of carbonyl (C=O) groups is 3. The molecule has 6 rings (SSSR count). The SMILES string of the molecule is C[C@H](NC(=O)CCc1ccc(C2(C)C(=O)Nc3nc(-c4nn(Cc5ccccc5F)c5ncccc45)nc(N)c32)cc1)C(=O)O. The van der Waals surface area contributed by atoms with Gasteiger partial charge in [0.05, 0.1) is 17.5 Å². The Bertz CT molecular complexity index is 1980. The van der Waals surface area contributed by atoms with Gasteiger partial charge in [-0.3, -0.25) is 14.4 Å². The number of nitrogen functional groups attached to an aromatic ring is 1. The normalized spacial score (nSPS) is 16.3. The van der Waals surface area contributed by atoms with E-state index in [0.717, 1.165) is 5.56 Å². The molecule has 1 unspecified atom stereocenters. The first-order valence-electron chi connectivity index (χ1n) is 14.2. The number of aryl methyl sites for hydroxylation is 1. The van der Waals surface area contributed by atoms with Gasteiger partial charge in [0.15, 0.2) is 11.5 Å². The maximum absolute atomic E-state index is 14.4. The Morgan fingerprint density at radius 1 is 1.11 bits per heavy atom. The topological polar surface area (TPSA) is 178 Å². The van der Waals surface area contributed by atoms with Gasteiger partial charge in [0.25, 0.3) is 0 Å². The molecule has 2 aromatic carbocycles. The molecule has 0 aliphatic carbocycles. The number of aliphatic carboxylic acids is 1. The first-order chi connectivity index (χ1) is 21.6. The van der Waals surface area contributed by atoms with Crippen LogP contribution in [-0.4, -0.2) is 53.7 Å². The average Bonchev–Trinajstić information content (AvgIpc) is 3.52. The van der Waals surface area contributed by atoms with Crippen LogP contribution in [0.2, 0.25) is 0 Å². The van der Waals surface area contributed by atoms with E-state index in [2.05, 4.69) is 30.7 Å². The van der Waals surface area contributed by atoms with Crippen LogP contribution in [0.1, 0.15) is 42.5 Å². The van der Waals surface area contributed by atoms with E-state index in [4.69, 9.17) is 10.8 Å². The Morgan fingerprint density at radius 3 is 2.60 bits per heavy atom. The number of amides is 2. The number of pyridine rings is 1. The number of halogens is 1. The molecule has 0 spiro atoms. The van der Waals surface area contributed by atoms with Crippen molar-refractivity contribution < 1.29 is 23.9 Å². The van der Waals surface area contributed by atoms with Crippen molar-refractivity contribution in [3.8, 4) is 11.5 Å². The third-order valence-electron chi connectivity index (χ3n) is 8.04. The molecule has 0 radical (unpaired) electrons. The van der Waals surface area contributed by atoms with Crippen molar-refractivity contribution in [3.05, 3.63) is 94.9 Å². The van der Waals surface area contributed by atoms with Crippen molar-refractivity contribution in [2.45, 2.75) is 44.7 Å². The fraction of sp³-hybridized carbons (Fsp3) is 0.219. The lowest BCUT2D eigenvalue weighted by atomic mass is 9.77. The molecule has 2 amide bonds. The van der Waals surface area contributed by atoms with Crippen molar-refractivity contribution in [3.63, 3.8) is 0 Å². The first-order valence-corrected chi connectivity index (χ1v) is 14.2. The van der Waals surface area contributed by atoms with Crippen LogP contribution < -0.4 is 16.4 Å². The Morgan fingerprint density at radius 2 is 1.87 bits per heavy atom. The largest absolute Gasteiger partial charge is 0.480 e. The molecule has 12 nitrogen and oxygen atoms in total. The summed E-state index contributed by atoms with van der Waals surface area (Å²) in [6, 6.07) is 16.2. The molecule has 5 N–H and O–H groups in total. The zero-order chi connectivity index (χ0) is 31.9. The Labute approximate surface area is 256 Å². The minimum Gasteiger partial charge on any atom is -0.480 e. The van der Waals surface area contributed by atoms with Gasteiger partial charge in [-0.25, -0.2) is 24.0 Å². The zero-order valence-corrected chi connectivity index (χ0v) is 24.4. The Balaban J connectivity index is 1.29. The second kappa shape index (κ2) is 11.4. The van der Waals surface area contributed by atoms with Gasteiger partial charge >= 0.3 is 5.97 Å². The lowest BCUT2D eigenvalue weighted by Gasteiger charge is -2.23. The number of nitrogens with two attached hydrogens (primary N) is 1. The molecular formula is C32H29FN8O4. The quantitative estimate of drug-likeness (QED) is 0.195. The predicted octanol–water partition coefficient (Wildman–Crippen LogP) is 3.44. The minimum atomic E-state index is -1.20. The molecule has 0 bridgehead atoms. The van der Waals surface area contributed by atoms with Crippen molar-refractivity contribution in [1.82, 2.24) is 30.0 Å². The number of carboxylic acids is 1. The second-order valence-electron chi connectivity index (χ2n) is 11.0. The summed E-state index contributed by atoms with van der Waals surface area (Å²) in [7, 11) is 0. The molecule has 13 heteroatoms. The van der Waals surface area contributed by atoms with Crippen LogP contribution in [0, 0.1) is 5.82 Å². The average molecular weight is 609 g/mol. The molecule has 0 saturated heterocycles. The first kappa shape index (κ1) is 29.4. The van der Waals surface area contributed by atoms with Crippen molar-refractivity contribution in [2.75, 3.05) is 11.1 Å². The molecule has 5 aromatic rings. The number of nitrogens with zero attached hydrogens (tertiary/aromatic N) is 5. The molecule has 3 aromatic heterocycles. The van der Waals surface area contributed by atoms with Gasteiger partial charge in [0.2, 0.25) is 11.8 Å². The highest BCUT2D eigenvalue weighted by molar-refractivity contribution is 6.09. The number of hydrogen-bond donors (Lipinski definition) is 4. The van der Waals surface area contributed by atoms with Crippen LogP contribution in [0.3, 0.4) is 0 Å². The van der Waals surface area contributed by atoms with E-state index in [1.807, 2.05) is 18.2 Å². The summed E-state index contributed by atoms with van der Waals surface area (Å²) >= 11 is 0. The van der Waals surface area contributed by atoms with Gasteiger partial charge < -0.3 is 21.5 Å². The van der Waals surface area contributed by atoms with Crippen LogP contribution in [0.4, 0.5) is 16.0 Å². The molecule has 4 heterocycles. The number of carbonyl (C=O) groups excluding carboxylic acids is 2. The number of rotatable bonds is 9. The maximum atomic E-state index is 14.4. The van der Waals surface area contributed by atoms with Gasteiger partial charge in [-0.2, -0.15) is 5.10 Å². The number of nitrogens with one attached hydrogen (secondary N) is 2. The summed E-state index contributed by atoms with van der Waals surface area (Å²) in [5.41, 5.74) is 8.59. The predicted molar refractivity (Wildman–Crippen MR) is 164 cm³/mol. The van der Waals surface area contributed by atoms with Crippen LogP contribution >= 0.6 is 0 Å². The molecular weight excluding hydrogens is 579 g/mol. The number of fused-ring (bicyclic) bond motifs is 2. The maximum Gasteiger partial charge on any atom is 0.325 e. The zero-order valence-electron chi connectivity index (χ0n) is 24.4. The standard InChI is InChI=1S/C32H29FN8O4/c1-17(30(43)44)36-23(42)14-11-18-9-12-20(13-10-18)32(2)24-26(34)37-28(38-27(24)39-31(32)45)25-21-7-5-15-35-29(21)41(40-25)16-19-6-3-4-8-22(19)33/h3-10,12-13,15,17H,11,14,16H2,1-2H3,(H,36,42)(H,43,44)(H3,34,37,38,39,45)/t17-,32?/m0/s1. The summed E-state index contributed by atoms with van der Waals surface area (Å²) in [6.45, 7) is 3.28. The van der Waals surface area contributed by atoms with E-state index >= 15 is 0 Å². The van der Waals surface area contributed by atoms with Crippen LogP contribution in [-0.2, 0) is 32.8 Å². The molecule has 0 fully saturated rings. The summed E-state index contributed by atoms with van der Waals surface area (Å²) in [5, 5.41) is 19.6. The van der Waals surface area contributed by atoms with Crippen molar-refractivity contribution in [1.29, 1.82) is 0 Å². The van der Waals surface area contributed by atoms with E-state index in [0.29, 0.717) is 39.8 Å². The van der Waals surface area contributed by atoms with Gasteiger partial charge in [-0.15, -0.1) is 0 Å². The summed E-state index contributed by atoms with van der Waals surface area (Å²) in [5.74, 6) is -1.61. The highest BCUT2D eigenvalue weighted by Crippen LogP contribution is 2.45. The highest BCUT2D eigenvalue weighted by atomic mass is 19.1. The smallest absolute Gasteiger partial charge is 0.325 e. The van der Waals surface area contributed by atoms with E-state index < -0.39 is 17.4 Å². The number of carboxylic acid groups (broad SMARTS) is 1. The molecule has 2 atom stereocenters. The number of hydrogen-bond acceptors (Lipinski definition) is 8. The number of aromatic nitrogens is 5. The Kier molecular flexibility index (Phi) is 7.44. The molecule has 228 valence electrons. The number of anilines is 2. The fourth-order valence-electron chi connectivity index (χ4n) is 5.50. The number of benzene rings is 2. The van der Waals surface area contributed by atoms with Gasteiger partial charge in [-0.1, -0.05) is 42.5 Å². The monoisotopic (exact) mass is 608 g/mol. The van der Waals surface area contributed by atoms with Gasteiger partial charge in [0.1, 0.15) is 34.6 Å². The van der Waals surface area contributed by atoms with Gasteiger partial charge in [0, 0.05) is 18.2 Å². The van der Waals surface area contributed by atoms with Crippen molar-refractivity contribution in [2.24, 2.45) is 0 Å². The van der Waals surface area contributed by atoms with E-state index in [9.17, 15) is 18.8 Å². The fourth-order valence-corrected chi connectivity index (χ4v) is 5.50. The van der Waals surface area contributed by atoms with E-state index in [1.165, 1.54) is 13.0 Å². The molecule has 0 saturated carbocycles. The van der Waals surface area contributed by atoms with Crippen LogP contribution in [0.5, 0.6) is 0 Å². The highest BCUT2D eigenvalue weighted by Gasteiger charge is 2.47.